The summed E-state index contributed by atoms with van der Waals surface area (Å²) < 4.78 is 5.77. The average Bonchev–Trinajstić information content (AvgIpc) is 2.64. The van der Waals surface area contributed by atoms with E-state index in [1.165, 1.54) is 21.9 Å². The van der Waals surface area contributed by atoms with Gasteiger partial charge >= 0.3 is 0 Å². The highest BCUT2D eigenvalue weighted by atomic mass is 16.5. The van der Waals surface area contributed by atoms with Gasteiger partial charge in [0.1, 0.15) is 5.75 Å². The van der Waals surface area contributed by atoms with Gasteiger partial charge in [-0.3, -0.25) is 0 Å². The number of hydrogen-bond donors (Lipinski definition) is 1. The number of fused-ring (bicyclic) bond motifs is 1. The first kappa shape index (κ1) is 16.5. The van der Waals surface area contributed by atoms with E-state index in [0.29, 0.717) is 12.5 Å². The number of benzene rings is 3. The van der Waals surface area contributed by atoms with Crippen molar-refractivity contribution in [3.05, 3.63) is 77.9 Å². The Morgan fingerprint density at radius 2 is 1.75 bits per heavy atom. The Morgan fingerprint density at radius 1 is 0.958 bits per heavy atom. The molecule has 0 spiro atoms. The molecule has 0 heterocycles. The predicted octanol–water partition coefficient (Wildman–Crippen LogP) is 4.91. The Morgan fingerprint density at radius 3 is 2.58 bits per heavy atom. The van der Waals surface area contributed by atoms with Crippen LogP contribution in [0, 0.1) is 0 Å². The molecular formula is C22H25NO. The number of rotatable bonds is 7. The molecule has 0 radical (unpaired) electrons. The van der Waals surface area contributed by atoms with E-state index < -0.39 is 0 Å². The normalized spacial score (nSPS) is 12.2. The second-order valence-electron chi connectivity index (χ2n) is 6.20. The maximum Gasteiger partial charge on any atom is 0.119 e. The van der Waals surface area contributed by atoms with Crippen molar-refractivity contribution in [1.82, 2.24) is 0 Å². The highest BCUT2D eigenvalue weighted by molar-refractivity contribution is 5.85. The van der Waals surface area contributed by atoms with Gasteiger partial charge in [-0.25, -0.2) is 0 Å². The smallest absolute Gasteiger partial charge is 0.119 e. The van der Waals surface area contributed by atoms with Gasteiger partial charge in [-0.1, -0.05) is 61.5 Å². The molecule has 24 heavy (non-hydrogen) atoms. The van der Waals surface area contributed by atoms with Gasteiger partial charge in [0.25, 0.3) is 0 Å². The maximum absolute atomic E-state index is 6.11. The standard InChI is InChI=1S/C22H25NO/c1-2-13-24-21-11-6-9-18(15-21)20(16-23)14-19-10-5-8-17-7-3-4-12-22(17)19/h3-12,15,20H,2,13-14,16,23H2,1H3. The Hall–Kier alpha value is -2.32. The highest BCUT2D eigenvalue weighted by Crippen LogP contribution is 2.27. The van der Waals surface area contributed by atoms with Gasteiger partial charge in [0.2, 0.25) is 0 Å². The first-order chi connectivity index (χ1) is 11.8. The highest BCUT2D eigenvalue weighted by Gasteiger charge is 2.13. The van der Waals surface area contributed by atoms with Crippen LogP contribution < -0.4 is 10.5 Å². The zero-order valence-corrected chi connectivity index (χ0v) is 14.2. The lowest BCUT2D eigenvalue weighted by Crippen LogP contribution is -2.15. The van der Waals surface area contributed by atoms with Gasteiger partial charge in [-0.05, 0) is 53.4 Å². The SMILES string of the molecule is CCCOc1cccc(C(CN)Cc2cccc3ccccc23)c1. The van der Waals surface area contributed by atoms with Crippen LogP contribution in [0.1, 0.15) is 30.4 Å². The van der Waals surface area contributed by atoms with Crippen molar-refractivity contribution >= 4 is 10.8 Å². The molecule has 2 heteroatoms. The number of nitrogens with two attached hydrogens (primary N) is 1. The van der Waals surface area contributed by atoms with E-state index in [9.17, 15) is 0 Å². The Kier molecular flexibility index (Phi) is 5.50. The molecule has 2 nitrogen and oxygen atoms in total. The van der Waals surface area contributed by atoms with Gasteiger partial charge in [0.15, 0.2) is 0 Å². The van der Waals surface area contributed by atoms with E-state index in [0.717, 1.165) is 25.2 Å². The molecule has 0 fully saturated rings. The van der Waals surface area contributed by atoms with E-state index in [2.05, 4.69) is 67.6 Å². The lowest BCUT2D eigenvalue weighted by Gasteiger charge is -2.18. The zero-order chi connectivity index (χ0) is 16.8. The molecule has 0 aromatic heterocycles. The Balaban J connectivity index is 1.86. The fourth-order valence-corrected chi connectivity index (χ4v) is 3.15. The first-order valence-electron chi connectivity index (χ1n) is 8.71. The molecule has 3 aromatic rings. The fourth-order valence-electron chi connectivity index (χ4n) is 3.15. The van der Waals surface area contributed by atoms with Crippen molar-refractivity contribution in [2.75, 3.05) is 13.2 Å². The first-order valence-corrected chi connectivity index (χ1v) is 8.71. The molecule has 0 aliphatic carbocycles. The topological polar surface area (TPSA) is 35.2 Å². The number of ether oxygens (including phenoxy) is 1. The molecule has 0 aliphatic heterocycles. The molecule has 3 rings (SSSR count). The largest absolute Gasteiger partial charge is 0.494 e. The fraction of sp³-hybridized carbons (Fsp3) is 0.273. The summed E-state index contributed by atoms with van der Waals surface area (Å²) in [6, 6.07) is 23.4. The van der Waals surface area contributed by atoms with E-state index in [1.807, 2.05) is 6.07 Å². The number of hydrogen-bond acceptors (Lipinski definition) is 2. The third-order valence-electron chi connectivity index (χ3n) is 4.43. The summed E-state index contributed by atoms with van der Waals surface area (Å²) >= 11 is 0. The molecular weight excluding hydrogens is 294 g/mol. The third-order valence-corrected chi connectivity index (χ3v) is 4.43. The van der Waals surface area contributed by atoms with Gasteiger partial charge in [0, 0.05) is 5.92 Å². The molecule has 0 bridgehead atoms. The van der Waals surface area contributed by atoms with Crippen LogP contribution in [0.25, 0.3) is 10.8 Å². The van der Waals surface area contributed by atoms with Crippen molar-refractivity contribution in [3.63, 3.8) is 0 Å². The van der Waals surface area contributed by atoms with Crippen molar-refractivity contribution in [3.8, 4) is 5.75 Å². The minimum absolute atomic E-state index is 0.293. The lowest BCUT2D eigenvalue weighted by atomic mass is 9.89. The minimum Gasteiger partial charge on any atom is -0.494 e. The summed E-state index contributed by atoms with van der Waals surface area (Å²) in [4.78, 5) is 0. The van der Waals surface area contributed by atoms with Gasteiger partial charge in [-0.2, -0.15) is 0 Å². The van der Waals surface area contributed by atoms with E-state index in [1.54, 1.807) is 0 Å². The quantitative estimate of drug-likeness (QED) is 0.671. The lowest BCUT2D eigenvalue weighted by molar-refractivity contribution is 0.317. The van der Waals surface area contributed by atoms with Crippen molar-refractivity contribution in [1.29, 1.82) is 0 Å². The maximum atomic E-state index is 6.11. The van der Waals surface area contributed by atoms with Crippen LogP contribution in [0.5, 0.6) is 5.75 Å². The molecule has 3 aromatic carbocycles. The van der Waals surface area contributed by atoms with E-state index in [4.69, 9.17) is 10.5 Å². The summed E-state index contributed by atoms with van der Waals surface area (Å²) in [5, 5.41) is 2.60. The molecule has 124 valence electrons. The summed E-state index contributed by atoms with van der Waals surface area (Å²) in [6.07, 6.45) is 1.95. The van der Waals surface area contributed by atoms with Crippen LogP contribution in [-0.4, -0.2) is 13.2 Å². The van der Waals surface area contributed by atoms with Gasteiger partial charge < -0.3 is 10.5 Å². The van der Waals surface area contributed by atoms with Crippen LogP contribution in [0.15, 0.2) is 66.7 Å². The summed E-state index contributed by atoms with van der Waals surface area (Å²) in [6.45, 7) is 3.49. The zero-order valence-electron chi connectivity index (χ0n) is 14.2. The van der Waals surface area contributed by atoms with Crippen molar-refractivity contribution in [2.24, 2.45) is 5.73 Å². The van der Waals surface area contributed by atoms with Crippen LogP contribution in [0.3, 0.4) is 0 Å². The summed E-state index contributed by atoms with van der Waals surface area (Å²) in [7, 11) is 0. The van der Waals surface area contributed by atoms with Crippen LogP contribution >= 0.6 is 0 Å². The average molecular weight is 319 g/mol. The van der Waals surface area contributed by atoms with Crippen molar-refractivity contribution < 1.29 is 4.74 Å². The minimum atomic E-state index is 0.293. The van der Waals surface area contributed by atoms with Gasteiger partial charge in [0.05, 0.1) is 6.61 Å². The van der Waals surface area contributed by atoms with E-state index in [-0.39, 0.29) is 0 Å². The molecule has 1 unspecified atom stereocenters. The second kappa shape index (κ2) is 7.98. The van der Waals surface area contributed by atoms with Crippen molar-refractivity contribution in [2.45, 2.75) is 25.7 Å². The molecule has 0 saturated carbocycles. The molecule has 0 amide bonds. The molecule has 0 aliphatic rings. The molecule has 1 atom stereocenters. The predicted molar refractivity (Wildman–Crippen MR) is 102 cm³/mol. The van der Waals surface area contributed by atoms with Crippen LogP contribution in [0.2, 0.25) is 0 Å². The van der Waals surface area contributed by atoms with Crippen LogP contribution in [-0.2, 0) is 6.42 Å². The van der Waals surface area contributed by atoms with Crippen LogP contribution in [0.4, 0.5) is 0 Å². The third kappa shape index (κ3) is 3.77. The summed E-state index contributed by atoms with van der Waals surface area (Å²) in [5.41, 5.74) is 8.71. The van der Waals surface area contributed by atoms with Gasteiger partial charge in [-0.15, -0.1) is 0 Å². The Labute approximate surface area is 144 Å². The molecule has 0 saturated heterocycles. The van der Waals surface area contributed by atoms with E-state index >= 15 is 0 Å². The summed E-state index contributed by atoms with van der Waals surface area (Å²) in [5.74, 6) is 1.23. The monoisotopic (exact) mass is 319 g/mol. The molecule has 2 N–H and O–H groups in total. The Bertz CT molecular complexity index is 791. The second-order valence-corrected chi connectivity index (χ2v) is 6.20.